The van der Waals surface area contributed by atoms with Crippen LogP contribution in [0.5, 0.6) is 17.6 Å². The summed E-state index contributed by atoms with van der Waals surface area (Å²) < 4.78 is 53.3. The first-order valence-electron chi connectivity index (χ1n) is 30.6. The predicted molar refractivity (Wildman–Crippen MR) is 325 cm³/mol. The number of ether oxygens (including phenoxy) is 5. The molecule has 0 bridgehead atoms. The van der Waals surface area contributed by atoms with Gasteiger partial charge in [0.1, 0.15) is 54.1 Å². The van der Waals surface area contributed by atoms with Crippen molar-refractivity contribution in [2.75, 3.05) is 71.3 Å². The Morgan fingerprint density at radius 1 is 0.907 bits per heavy atom. The van der Waals surface area contributed by atoms with Crippen molar-refractivity contribution in [3.05, 3.63) is 101 Å². The number of benzene rings is 3. The quantitative estimate of drug-likeness (QED) is 0.0706. The first-order valence-corrected chi connectivity index (χ1v) is 31.5. The Balaban J connectivity index is 0.660. The van der Waals surface area contributed by atoms with Gasteiger partial charge in [-0.1, -0.05) is 76.1 Å². The largest absolute Gasteiger partial charge is 0.468 e. The zero-order chi connectivity index (χ0) is 59.6. The fourth-order valence-electron chi connectivity index (χ4n) is 13.6. The van der Waals surface area contributed by atoms with E-state index in [0.29, 0.717) is 67.4 Å². The minimum absolute atomic E-state index is 0.0114. The van der Waals surface area contributed by atoms with Gasteiger partial charge in [-0.2, -0.15) is 9.97 Å². The van der Waals surface area contributed by atoms with Gasteiger partial charge in [0.05, 0.1) is 46.1 Å². The smallest absolute Gasteiger partial charge is 0.410 e. The van der Waals surface area contributed by atoms with E-state index in [2.05, 4.69) is 50.4 Å². The molecule has 12 rings (SSSR count). The minimum atomic E-state index is -0.684. The van der Waals surface area contributed by atoms with Crippen molar-refractivity contribution in [3.8, 4) is 39.3 Å². The number of fused-ring (bicyclic) bond motifs is 3. The van der Waals surface area contributed by atoms with Crippen molar-refractivity contribution in [3.63, 3.8) is 0 Å². The Morgan fingerprint density at radius 3 is 2.48 bits per heavy atom. The highest BCUT2D eigenvalue weighted by molar-refractivity contribution is 7.13. The summed E-state index contributed by atoms with van der Waals surface area (Å²) in [5.41, 5.74) is 6.55. The number of amides is 3. The number of carbonyl (C=O) groups excluding carboxylic acids is 3. The highest BCUT2D eigenvalue weighted by atomic mass is 32.1. The van der Waals surface area contributed by atoms with E-state index in [9.17, 15) is 14.4 Å². The summed E-state index contributed by atoms with van der Waals surface area (Å²) in [6.45, 7) is 13.9. The number of nitrogens with one attached hydrogen (secondary N) is 1. The van der Waals surface area contributed by atoms with Crippen molar-refractivity contribution in [1.82, 2.24) is 45.1 Å². The van der Waals surface area contributed by atoms with Crippen LogP contribution in [0.1, 0.15) is 126 Å². The van der Waals surface area contributed by atoms with Crippen LogP contribution in [0.3, 0.4) is 0 Å². The van der Waals surface area contributed by atoms with E-state index in [1.807, 2.05) is 69.6 Å². The first-order chi connectivity index (χ1) is 41.8. The Kier molecular flexibility index (Phi) is 17.4. The number of aromatic nitrogens is 5. The number of carbonyl (C=O) groups is 3. The lowest BCUT2D eigenvalue weighted by Crippen LogP contribution is -2.56. The van der Waals surface area contributed by atoms with Crippen molar-refractivity contribution < 1.29 is 47.0 Å². The van der Waals surface area contributed by atoms with E-state index in [1.165, 1.54) is 0 Å². The summed E-state index contributed by atoms with van der Waals surface area (Å²) >= 11 is 1.60. The molecule has 5 aliphatic rings. The Hall–Kier alpha value is -7.49. The number of likely N-dealkylation sites (tertiary alicyclic amines) is 2. The normalized spacial score (nSPS) is 20.7. The molecule has 9 heterocycles. The van der Waals surface area contributed by atoms with Crippen LogP contribution in [0.15, 0.2) is 76.9 Å². The molecule has 4 aromatic heterocycles. The number of hydrogen-bond donors (Lipinski definition) is 1. The second-order valence-electron chi connectivity index (χ2n) is 24.1. The molecule has 0 aliphatic carbocycles. The van der Waals surface area contributed by atoms with Crippen LogP contribution in [-0.2, 0) is 25.5 Å². The lowest BCUT2D eigenvalue weighted by Gasteiger charge is -2.38. The monoisotopic (exact) mass is 1190 g/mol. The topological polar surface area (TPSA) is 200 Å². The average molecular weight is 1190 g/mol. The zero-order valence-corrected chi connectivity index (χ0v) is 50.8. The van der Waals surface area contributed by atoms with Gasteiger partial charge in [-0.25, -0.2) is 14.2 Å². The maximum atomic E-state index is 17.5. The molecule has 0 radical (unpaired) electrons. The molecule has 7 aromatic rings. The highest BCUT2D eigenvalue weighted by Crippen LogP contribution is 2.44. The second kappa shape index (κ2) is 25.5. The number of halogens is 1. The second-order valence-corrected chi connectivity index (χ2v) is 25.0. The summed E-state index contributed by atoms with van der Waals surface area (Å²) in [5, 5.41) is 9.69. The van der Waals surface area contributed by atoms with E-state index in [0.717, 1.165) is 115 Å². The standard InChI is InChI=1S/C65H77FN10O9S/c1-7-42-15-12-16-45-29-47(83-38-80-6)30-49(55(42)45)57-56(66)58-50(32-67-57)60(73-25-10-8-9-11-26-73)71-63(70-58)82-36-65-23-14-28-76(65)46(22-24-65)35-81-64(79)74-33-48(34-74)84-53-31-52(85-72-53)54(39(2)3)62(78)75-27-13-17-51(75)61(77)69-40(4)43-18-20-44(21-19-43)59-41(5)68-37-86-59/h12,15-16,18-21,29-32,37,39-40,46,48,51,54H,7-11,13-14,17,22-28,33-36,38H2,1-6H3,(H,69,77)/t40-,46-,51-,54+,65?/m0/s1. The summed E-state index contributed by atoms with van der Waals surface area (Å²) in [4.78, 5) is 69.8. The van der Waals surface area contributed by atoms with E-state index in [4.69, 9.17) is 43.2 Å². The SMILES string of the molecule is CCc1cccc2cc(OCOC)cc(-c3ncc4c(N5CCCCCC5)nc(OCC56CCCN5[C@H](COC(=O)N5CC(Oc7cc([C@H](C(=O)N8CCC[C@H]8C(=O)N[C@@H](C)c8ccc(-c9scnc9C)cc8)C(C)C)on7)C5)CC6)nc4c3F)c12. The lowest BCUT2D eigenvalue weighted by molar-refractivity contribution is -0.141. The minimum Gasteiger partial charge on any atom is -0.468 e. The number of thiazole rings is 1. The molecule has 0 spiro atoms. The van der Waals surface area contributed by atoms with Crippen LogP contribution in [0, 0.1) is 18.7 Å². The third-order valence-corrected chi connectivity index (χ3v) is 19.2. The molecule has 86 heavy (non-hydrogen) atoms. The van der Waals surface area contributed by atoms with Crippen molar-refractivity contribution in [1.29, 1.82) is 0 Å². The summed E-state index contributed by atoms with van der Waals surface area (Å²) in [6.07, 6.45) is 10.7. The molecule has 5 fully saturated rings. The number of hydrogen-bond acceptors (Lipinski definition) is 17. The maximum absolute atomic E-state index is 17.5. The molecule has 0 saturated carbocycles. The van der Waals surface area contributed by atoms with Crippen molar-refractivity contribution in [2.24, 2.45) is 5.92 Å². The fraction of sp³-hybridized carbons (Fsp3) is 0.508. The summed E-state index contributed by atoms with van der Waals surface area (Å²) in [6, 6.07) is 18.9. The number of pyridine rings is 1. The number of methoxy groups -OCH3 is 1. The Morgan fingerprint density at radius 2 is 1.72 bits per heavy atom. The van der Waals surface area contributed by atoms with Crippen LogP contribution in [0.4, 0.5) is 15.0 Å². The molecule has 3 amide bonds. The average Bonchev–Trinajstić information content (AvgIpc) is 1.76. The Labute approximate surface area is 504 Å². The van der Waals surface area contributed by atoms with E-state index in [-0.39, 0.29) is 78.0 Å². The van der Waals surface area contributed by atoms with Gasteiger partial charge < -0.3 is 48.2 Å². The van der Waals surface area contributed by atoms with Gasteiger partial charge in [-0.3, -0.25) is 19.5 Å². The summed E-state index contributed by atoms with van der Waals surface area (Å²) in [7, 11) is 1.56. The third-order valence-electron chi connectivity index (χ3n) is 18.2. The molecule has 454 valence electrons. The number of anilines is 1. The van der Waals surface area contributed by atoms with E-state index in [1.54, 1.807) is 40.5 Å². The molecule has 5 atom stereocenters. The predicted octanol–water partition coefficient (Wildman–Crippen LogP) is 11.2. The van der Waals surface area contributed by atoms with Gasteiger partial charge in [0.2, 0.25) is 11.8 Å². The molecule has 1 unspecified atom stereocenters. The molecular formula is C65H77FN10O9S. The van der Waals surface area contributed by atoms with Crippen LogP contribution >= 0.6 is 11.3 Å². The van der Waals surface area contributed by atoms with Gasteiger partial charge in [-0.05, 0) is 129 Å². The number of aryl methyl sites for hydroxylation is 2. The van der Waals surface area contributed by atoms with Gasteiger partial charge >= 0.3 is 12.1 Å². The third kappa shape index (κ3) is 11.9. The van der Waals surface area contributed by atoms with Gasteiger partial charge in [0.25, 0.3) is 5.88 Å². The zero-order valence-electron chi connectivity index (χ0n) is 50.0. The first kappa shape index (κ1) is 58.9. The number of nitrogens with zero attached hydrogens (tertiary/aromatic N) is 9. The number of rotatable bonds is 20. The van der Waals surface area contributed by atoms with E-state index >= 15 is 4.39 Å². The van der Waals surface area contributed by atoms with E-state index < -0.39 is 23.9 Å². The van der Waals surface area contributed by atoms with Crippen molar-refractivity contribution >= 4 is 56.7 Å². The fourth-order valence-corrected chi connectivity index (χ4v) is 14.4. The van der Waals surface area contributed by atoms with Gasteiger partial charge in [0.15, 0.2) is 18.4 Å². The van der Waals surface area contributed by atoms with Gasteiger partial charge in [-0.15, -0.1) is 11.3 Å². The lowest BCUT2D eigenvalue weighted by atomic mass is 9.91. The molecular weight excluding hydrogens is 1120 g/mol. The Bertz CT molecular complexity index is 3590. The molecule has 5 saturated heterocycles. The van der Waals surface area contributed by atoms with Crippen LogP contribution in [0.2, 0.25) is 0 Å². The molecule has 5 aliphatic heterocycles. The molecule has 19 nitrogen and oxygen atoms in total. The van der Waals surface area contributed by atoms with Crippen molar-refractivity contribution in [2.45, 2.75) is 141 Å². The van der Waals surface area contributed by atoms with Crippen LogP contribution < -0.4 is 24.4 Å². The molecule has 21 heteroatoms. The summed E-state index contributed by atoms with van der Waals surface area (Å²) in [5.74, 6) is -0.0221. The van der Waals surface area contributed by atoms with Gasteiger partial charge in [0, 0.05) is 50.6 Å². The molecule has 1 N–H and O–H groups in total. The molecule has 3 aromatic carbocycles. The van der Waals surface area contributed by atoms with Crippen LogP contribution in [-0.4, -0.2) is 148 Å². The highest BCUT2D eigenvalue weighted by Gasteiger charge is 2.51. The maximum Gasteiger partial charge on any atom is 0.410 e. The van der Waals surface area contributed by atoms with Crippen LogP contribution in [0.25, 0.3) is 43.4 Å².